The van der Waals surface area contributed by atoms with E-state index in [1.807, 2.05) is 41.3 Å². The highest BCUT2D eigenvalue weighted by atomic mass is 19.1. The van der Waals surface area contributed by atoms with E-state index in [1.54, 1.807) is 31.7 Å². The molecule has 9 nitrogen and oxygen atoms in total. The first-order valence-corrected chi connectivity index (χ1v) is 13.7. The lowest BCUT2D eigenvalue weighted by atomic mass is 10.0. The van der Waals surface area contributed by atoms with Crippen molar-refractivity contribution in [3.63, 3.8) is 0 Å². The Morgan fingerprint density at radius 3 is 2.55 bits per heavy atom. The van der Waals surface area contributed by atoms with Gasteiger partial charge >= 0.3 is 6.03 Å². The fourth-order valence-electron chi connectivity index (χ4n) is 5.12. The maximum atomic E-state index is 14.0. The summed E-state index contributed by atoms with van der Waals surface area (Å²) in [6.07, 6.45) is 5.13. The van der Waals surface area contributed by atoms with Crippen LogP contribution in [0.25, 0.3) is 38.9 Å². The molecule has 0 aliphatic carbocycles. The highest BCUT2D eigenvalue weighted by Gasteiger charge is 2.20. The van der Waals surface area contributed by atoms with Gasteiger partial charge in [-0.25, -0.2) is 19.2 Å². The maximum absolute atomic E-state index is 14.0. The number of hydrogen-bond acceptors (Lipinski definition) is 6. The van der Waals surface area contributed by atoms with Crippen molar-refractivity contribution in [3.05, 3.63) is 97.0 Å². The molecule has 42 heavy (non-hydrogen) atoms. The Kier molecular flexibility index (Phi) is 7.37. The van der Waals surface area contributed by atoms with Crippen LogP contribution in [0.15, 0.2) is 79.8 Å². The Balaban J connectivity index is 1.30. The molecule has 1 fully saturated rings. The van der Waals surface area contributed by atoms with E-state index in [0.29, 0.717) is 36.0 Å². The summed E-state index contributed by atoms with van der Waals surface area (Å²) in [7, 11) is 3.85. The SMILES string of the molecule is C=C(c1nc2c(-c3cccc(F)c3)cccc2[nH]1)c1cc(-c2cncc(NC(=O)N3CCN(C)CC3)c2)cnc1NC. The average Bonchev–Trinajstić information content (AvgIpc) is 3.45. The largest absolute Gasteiger partial charge is 0.373 e. The van der Waals surface area contributed by atoms with Gasteiger partial charge in [0, 0.05) is 73.4 Å². The molecule has 1 aliphatic rings. The first-order chi connectivity index (χ1) is 20.4. The molecule has 1 saturated heterocycles. The Bertz CT molecular complexity index is 1790. The first kappa shape index (κ1) is 27.1. The molecule has 2 amide bonds. The zero-order valence-corrected chi connectivity index (χ0v) is 23.5. The summed E-state index contributed by atoms with van der Waals surface area (Å²) in [5.74, 6) is 0.918. The molecular formula is C32H31FN8O. The summed E-state index contributed by atoms with van der Waals surface area (Å²) in [5.41, 5.74) is 6.73. The number of pyridine rings is 2. The minimum Gasteiger partial charge on any atom is -0.373 e. The molecule has 0 radical (unpaired) electrons. The minimum atomic E-state index is -0.302. The van der Waals surface area contributed by atoms with Crippen molar-refractivity contribution < 1.29 is 9.18 Å². The maximum Gasteiger partial charge on any atom is 0.321 e. The van der Waals surface area contributed by atoms with Gasteiger partial charge in [0.1, 0.15) is 17.5 Å². The summed E-state index contributed by atoms with van der Waals surface area (Å²) in [5, 5.41) is 6.12. The van der Waals surface area contributed by atoms with E-state index in [0.717, 1.165) is 51.9 Å². The Hall–Kier alpha value is -5.09. The monoisotopic (exact) mass is 562 g/mol. The quantitative estimate of drug-likeness (QED) is 0.245. The highest BCUT2D eigenvalue weighted by Crippen LogP contribution is 2.33. The van der Waals surface area contributed by atoms with Gasteiger partial charge in [0.05, 0.1) is 22.9 Å². The number of anilines is 2. The van der Waals surface area contributed by atoms with Crippen LogP contribution in [0, 0.1) is 5.82 Å². The number of halogens is 1. The number of urea groups is 1. The van der Waals surface area contributed by atoms with Crippen molar-refractivity contribution in [2.45, 2.75) is 0 Å². The normalized spacial score (nSPS) is 13.7. The number of likely N-dealkylation sites (N-methyl/N-ethyl adjacent to an activating group) is 1. The smallest absolute Gasteiger partial charge is 0.321 e. The molecule has 1 aliphatic heterocycles. The number of amides is 2. The number of para-hydroxylation sites is 1. The number of benzene rings is 2. The van der Waals surface area contributed by atoms with Gasteiger partial charge in [0.15, 0.2) is 0 Å². The number of imidazole rings is 1. The van der Waals surface area contributed by atoms with Crippen LogP contribution in [-0.2, 0) is 0 Å². The molecule has 3 N–H and O–H groups in total. The number of nitrogens with one attached hydrogen (secondary N) is 3. The van der Waals surface area contributed by atoms with Crippen LogP contribution >= 0.6 is 0 Å². The zero-order valence-electron chi connectivity index (χ0n) is 23.5. The van der Waals surface area contributed by atoms with E-state index in [4.69, 9.17) is 4.98 Å². The second-order valence-electron chi connectivity index (χ2n) is 10.3. The minimum absolute atomic E-state index is 0.137. The van der Waals surface area contributed by atoms with Crippen LogP contribution in [-0.4, -0.2) is 76.0 Å². The van der Waals surface area contributed by atoms with Crippen LogP contribution in [0.2, 0.25) is 0 Å². The van der Waals surface area contributed by atoms with Crippen LogP contribution in [0.3, 0.4) is 0 Å². The number of hydrogen-bond donors (Lipinski definition) is 3. The van der Waals surface area contributed by atoms with Crippen LogP contribution in [0.4, 0.5) is 20.7 Å². The fourth-order valence-corrected chi connectivity index (χ4v) is 5.12. The lowest BCUT2D eigenvalue weighted by Gasteiger charge is -2.32. The van der Waals surface area contributed by atoms with Crippen LogP contribution < -0.4 is 10.6 Å². The Morgan fingerprint density at radius 1 is 0.976 bits per heavy atom. The van der Waals surface area contributed by atoms with Crippen molar-refractivity contribution in [2.75, 3.05) is 50.9 Å². The third-order valence-electron chi connectivity index (χ3n) is 7.50. The molecule has 0 saturated carbocycles. The molecule has 3 aromatic heterocycles. The van der Waals surface area contributed by atoms with E-state index >= 15 is 0 Å². The third-order valence-corrected chi connectivity index (χ3v) is 7.50. The molecule has 0 spiro atoms. The molecule has 212 valence electrons. The molecule has 0 atom stereocenters. The molecule has 0 bridgehead atoms. The topological polar surface area (TPSA) is 102 Å². The van der Waals surface area contributed by atoms with Gasteiger partial charge in [0.25, 0.3) is 0 Å². The van der Waals surface area contributed by atoms with Gasteiger partial charge in [0.2, 0.25) is 0 Å². The number of piperazine rings is 1. The number of carbonyl (C=O) groups is 1. The van der Waals surface area contributed by atoms with Crippen molar-refractivity contribution in [2.24, 2.45) is 0 Å². The number of aromatic nitrogens is 4. The summed E-state index contributed by atoms with van der Waals surface area (Å²) in [6, 6.07) is 16.0. The summed E-state index contributed by atoms with van der Waals surface area (Å²) >= 11 is 0. The summed E-state index contributed by atoms with van der Waals surface area (Å²) < 4.78 is 14.0. The molecule has 4 heterocycles. The highest BCUT2D eigenvalue weighted by molar-refractivity contribution is 5.95. The van der Waals surface area contributed by atoms with Crippen molar-refractivity contribution >= 4 is 34.1 Å². The Morgan fingerprint density at radius 2 is 1.76 bits per heavy atom. The number of H-pyrrole nitrogens is 1. The average molecular weight is 563 g/mol. The Labute approximate surface area is 243 Å². The van der Waals surface area contributed by atoms with E-state index in [9.17, 15) is 9.18 Å². The van der Waals surface area contributed by atoms with Gasteiger partial charge in [-0.3, -0.25) is 4.98 Å². The fraction of sp³-hybridized carbons (Fsp3) is 0.188. The summed E-state index contributed by atoms with van der Waals surface area (Å²) in [4.78, 5) is 34.1. The number of fused-ring (bicyclic) bond motifs is 1. The molecule has 0 unspecified atom stereocenters. The molecule has 6 rings (SSSR count). The number of carbonyl (C=O) groups excluding carboxylic acids is 1. The van der Waals surface area contributed by atoms with Gasteiger partial charge in [-0.2, -0.15) is 0 Å². The van der Waals surface area contributed by atoms with Crippen LogP contribution in [0.5, 0.6) is 0 Å². The van der Waals surface area contributed by atoms with E-state index < -0.39 is 0 Å². The number of nitrogens with zero attached hydrogens (tertiary/aromatic N) is 5. The number of aromatic amines is 1. The first-order valence-electron chi connectivity index (χ1n) is 13.7. The van der Waals surface area contributed by atoms with Gasteiger partial charge in [-0.05, 0) is 42.9 Å². The molecular weight excluding hydrogens is 531 g/mol. The predicted molar refractivity (Wildman–Crippen MR) is 165 cm³/mol. The van der Waals surface area contributed by atoms with E-state index in [1.165, 1.54) is 12.1 Å². The number of rotatable bonds is 6. The second-order valence-corrected chi connectivity index (χ2v) is 10.3. The van der Waals surface area contributed by atoms with Crippen LogP contribution in [0.1, 0.15) is 11.4 Å². The molecule has 2 aromatic carbocycles. The predicted octanol–water partition coefficient (Wildman–Crippen LogP) is 5.71. The molecule has 10 heteroatoms. The van der Waals surface area contributed by atoms with E-state index in [-0.39, 0.29) is 11.8 Å². The van der Waals surface area contributed by atoms with Gasteiger partial charge in [-0.15, -0.1) is 0 Å². The summed E-state index contributed by atoms with van der Waals surface area (Å²) in [6.45, 7) is 7.41. The van der Waals surface area contributed by atoms with E-state index in [2.05, 4.69) is 44.1 Å². The molecule has 5 aromatic rings. The van der Waals surface area contributed by atoms with Crippen molar-refractivity contribution in [1.29, 1.82) is 0 Å². The van der Waals surface area contributed by atoms with Gasteiger partial charge < -0.3 is 25.4 Å². The zero-order chi connectivity index (χ0) is 29.2. The second kappa shape index (κ2) is 11.4. The standard InChI is InChI=1S/C32H31FN8O/c1-20(30-38-28-9-5-8-26(29(28)39-30)21-6-4-7-24(33)14-21)27-16-23(18-36-31(27)34-2)22-15-25(19-35-17-22)37-32(42)41-12-10-40(3)11-13-41/h4-9,14-19H,1,10-13H2,2-3H3,(H,34,36)(H,37,42)(H,38,39). The van der Waals surface area contributed by atoms with Crippen molar-refractivity contribution in [3.8, 4) is 22.3 Å². The van der Waals surface area contributed by atoms with Gasteiger partial charge in [-0.1, -0.05) is 30.8 Å². The van der Waals surface area contributed by atoms with Crippen molar-refractivity contribution in [1.82, 2.24) is 29.7 Å². The lowest BCUT2D eigenvalue weighted by molar-refractivity contribution is 0.164. The lowest BCUT2D eigenvalue weighted by Crippen LogP contribution is -2.48. The third kappa shape index (κ3) is 5.44.